The van der Waals surface area contributed by atoms with E-state index in [9.17, 15) is 4.79 Å². The van der Waals surface area contributed by atoms with Crippen LogP contribution in [-0.4, -0.2) is 23.2 Å². The molecule has 0 saturated heterocycles. The molecule has 1 heterocycles. The number of amides is 1. The van der Waals surface area contributed by atoms with E-state index in [1.807, 2.05) is 30.3 Å². The van der Waals surface area contributed by atoms with Gasteiger partial charge in [-0.15, -0.1) is 0 Å². The molecule has 0 unspecified atom stereocenters. The highest BCUT2D eigenvalue weighted by atomic mass is 16.5. The minimum atomic E-state index is -0.260. The summed E-state index contributed by atoms with van der Waals surface area (Å²) in [5.41, 5.74) is 3.72. The number of hydrazone groups is 1. The van der Waals surface area contributed by atoms with Crippen LogP contribution in [-0.2, 0) is 0 Å². The van der Waals surface area contributed by atoms with Crippen molar-refractivity contribution < 1.29 is 9.53 Å². The molecule has 1 aromatic carbocycles. The zero-order valence-corrected chi connectivity index (χ0v) is 12.8. The molecular formula is C18H19N3O2. The van der Waals surface area contributed by atoms with Gasteiger partial charge in [-0.1, -0.05) is 6.07 Å². The van der Waals surface area contributed by atoms with Gasteiger partial charge in [-0.25, -0.2) is 5.43 Å². The van der Waals surface area contributed by atoms with E-state index in [-0.39, 0.29) is 5.91 Å². The van der Waals surface area contributed by atoms with Gasteiger partial charge >= 0.3 is 0 Å². The van der Waals surface area contributed by atoms with E-state index in [4.69, 9.17) is 4.74 Å². The maximum Gasteiger partial charge on any atom is 0.271 e. The van der Waals surface area contributed by atoms with Crippen molar-refractivity contribution >= 4 is 12.1 Å². The van der Waals surface area contributed by atoms with Crippen LogP contribution in [0.25, 0.3) is 0 Å². The van der Waals surface area contributed by atoms with E-state index >= 15 is 0 Å². The number of carbonyl (C=O) groups is 1. The van der Waals surface area contributed by atoms with Crippen LogP contribution in [0.15, 0.2) is 53.8 Å². The van der Waals surface area contributed by atoms with Gasteiger partial charge in [0.2, 0.25) is 0 Å². The molecule has 23 heavy (non-hydrogen) atoms. The molecule has 0 atom stereocenters. The van der Waals surface area contributed by atoms with Crippen molar-refractivity contribution in [2.24, 2.45) is 5.10 Å². The molecule has 0 bridgehead atoms. The van der Waals surface area contributed by atoms with Gasteiger partial charge in [0.1, 0.15) is 5.75 Å². The summed E-state index contributed by atoms with van der Waals surface area (Å²) < 4.78 is 5.88. The molecule has 1 N–H and O–H groups in total. The molecule has 0 aliphatic heterocycles. The average molecular weight is 309 g/mol. The molecule has 0 radical (unpaired) electrons. The van der Waals surface area contributed by atoms with Crippen LogP contribution >= 0.6 is 0 Å². The second-order valence-electron chi connectivity index (χ2n) is 5.50. The molecule has 2 aromatic rings. The molecule has 5 nitrogen and oxygen atoms in total. The predicted molar refractivity (Wildman–Crippen MR) is 88.6 cm³/mol. The summed E-state index contributed by atoms with van der Waals surface area (Å²) >= 11 is 0. The Morgan fingerprint density at radius 3 is 2.65 bits per heavy atom. The topological polar surface area (TPSA) is 63.6 Å². The lowest BCUT2D eigenvalue weighted by Crippen LogP contribution is -2.17. The van der Waals surface area contributed by atoms with Crippen molar-refractivity contribution in [1.82, 2.24) is 10.4 Å². The van der Waals surface area contributed by atoms with Gasteiger partial charge in [0.25, 0.3) is 5.91 Å². The quantitative estimate of drug-likeness (QED) is 0.681. The molecule has 1 aliphatic rings. The lowest BCUT2D eigenvalue weighted by atomic mass is 10.2. The van der Waals surface area contributed by atoms with Crippen LogP contribution in [0.5, 0.6) is 5.75 Å². The zero-order valence-electron chi connectivity index (χ0n) is 12.8. The van der Waals surface area contributed by atoms with E-state index in [2.05, 4.69) is 15.5 Å². The maximum absolute atomic E-state index is 12.0. The van der Waals surface area contributed by atoms with Gasteiger partial charge in [0.05, 0.1) is 18.0 Å². The first-order valence-corrected chi connectivity index (χ1v) is 7.82. The predicted octanol–water partition coefficient (Wildman–Crippen LogP) is 3.17. The van der Waals surface area contributed by atoms with E-state index in [0.29, 0.717) is 17.4 Å². The van der Waals surface area contributed by atoms with Gasteiger partial charge < -0.3 is 4.74 Å². The van der Waals surface area contributed by atoms with Gasteiger partial charge in [-0.05, 0) is 62.1 Å². The van der Waals surface area contributed by atoms with Gasteiger partial charge in [0.15, 0.2) is 0 Å². The molecule has 1 amide bonds. The van der Waals surface area contributed by atoms with Crippen molar-refractivity contribution in [1.29, 1.82) is 0 Å². The second kappa shape index (κ2) is 7.54. The third kappa shape index (κ3) is 4.39. The van der Waals surface area contributed by atoms with Crippen LogP contribution in [0.3, 0.4) is 0 Å². The number of pyridine rings is 1. The number of nitrogens with zero attached hydrogens (tertiary/aromatic N) is 2. The van der Waals surface area contributed by atoms with Gasteiger partial charge in [-0.3, -0.25) is 9.78 Å². The third-order valence-electron chi connectivity index (χ3n) is 3.77. The summed E-state index contributed by atoms with van der Waals surface area (Å²) in [5, 5.41) is 3.91. The monoisotopic (exact) mass is 309 g/mol. The highest BCUT2D eigenvalue weighted by Crippen LogP contribution is 2.24. The fraction of sp³-hybridized carbons (Fsp3) is 0.278. The number of hydrogen-bond donors (Lipinski definition) is 1. The number of carbonyl (C=O) groups excluding carboxylic acids is 1. The van der Waals surface area contributed by atoms with E-state index in [0.717, 1.165) is 18.6 Å². The number of ether oxygens (including phenoxy) is 1. The Morgan fingerprint density at radius 2 is 1.96 bits per heavy atom. The summed E-state index contributed by atoms with van der Waals surface area (Å²) in [7, 11) is 0. The first-order chi connectivity index (χ1) is 11.3. The highest BCUT2D eigenvalue weighted by molar-refractivity contribution is 5.94. The maximum atomic E-state index is 12.0. The lowest BCUT2D eigenvalue weighted by molar-refractivity contribution is 0.0955. The smallest absolute Gasteiger partial charge is 0.271 e. The molecule has 1 aromatic heterocycles. The highest BCUT2D eigenvalue weighted by Gasteiger charge is 2.16. The molecule has 0 spiro atoms. The second-order valence-corrected chi connectivity index (χ2v) is 5.50. The number of hydrogen-bond acceptors (Lipinski definition) is 4. The SMILES string of the molecule is O=C(NN=Cc1ccccn1)c1ccc(OC2CCCC2)cc1. The van der Waals surface area contributed by atoms with Crippen molar-refractivity contribution in [3.63, 3.8) is 0 Å². The summed E-state index contributed by atoms with van der Waals surface area (Å²) in [6.45, 7) is 0. The molecule has 1 fully saturated rings. The van der Waals surface area contributed by atoms with Gasteiger partial charge in [-0.2, -0.15) is 5.10 Å². The minimum Gasteiger partial charge on any atom is -0.490 e. The number of benzene rings is 1. The molecule has 1 saturated carbocycles. The molecular weight excluding hydrogens is 290 g/mol. The number of rotatable bonds is 5. The Balaban J connectivity index is 1.54. The summed E-state index contributed by atoms with van der Waals surface area (Å²) in [6, 6.07) is 12.6. The first kappa shape index (κ1) is 15.2. The third-order valence-corrected chi connectivity index (χ3v) is 3.77. The van der Waals surface area contributed by atoms with Crippen LogP contribution < -0.4 is 10.2 Å². The fourth-order valence-corrected chi connectivity index (χ4v) is 2.56. The van der Waals surface area contributed by atoms with Crippen LogP contribution in [0.4, 0.5) is 0 Å². The van der Waals surface area contributed by atoms with Gasteiger partial charge in [0, 0.05) is 11.8 Å². The Morgan fingerprint density at radius 1 is 1.17 bits per heavy atom. The first-order valence-electron chi connectivity index (χ1n) is 7.82. The summed E-state index contributed by atoms with van der Waals surface area (Å²) in [6.07, 6.45) is 8.20. The summed E-state index contributed by atoms with van der Waals surface area (Å²) in [5.74, 6) is 0.551. The Labute approximate surface area is 135 Å². The van der Waals surface area contributed by atoms with Crippen molar-refractivity contribution in [2.45, 2.75) is 31.8 Å². The summed E-state index contributed by atoms with van der Waals surface area (Å²) in [4.78, 5) is 16.1. The minimum absolute atomic E-state index is 0.260. The Hall–Kier alpha value is -2.69. The van der Waals surface area contributed by atoms with E-state index in [1.165, 1.54) is 19.1 Å². The van der Waals surface area contributed by atoms with Crippen molar-refractivity contribution in [3.05, 3.63) is 59.9 Å². The van der Waals surface area contributed by atoms with Crippen LogP contribution in [0, 0.1) is 0 Å². The van der Waals surface area contributed by atoms with E-state index < -0.39 is 0 Å². The van der Waals surface area contributed by atoms with Crippen LogP contribution in [0.2, 0.25) is 0 Å². The van der Waals surface area contributed by atoms with Crippen molar-refractivity contribution in [3.8, 4) is 5.75 Å². The molecule has 1 aliphatic carbocycles. The standard InChI is InChI=1S/C18H19N3O2/c22-18(21-20-13-15-5-3-4-12-19-15)14-8-10-17(11-9-14)23-16-6-1-2-7-16/h3-5,8-13,16H,1-2,6-7H2,(H,21,22). The molecule has 3 rings (SSSR count). The molecule has 118 valence electrons. The molecule has 5 heteroatoms. The Bertz CT molecular complexity index is 662. The largest absolute Gasteiger partial charge is 0.490 e. The zero-order chi connectivity index (χ0) is 15.9. The normalized spacial score (nSPS) is 15.0. The lowest BCUT2D eigenvalue weighted by Gasteiger charge is -2.12. The fourth-order valence-electron chi connectivity index (χ4n) is 2.56. The van der Waals surface area contributed by atoms with Crippen LogP contribution in [0.1, 0.15) is 41.7 Å². The van der Waals surface area contributed by atoms with Crippen molar-refractivity contribution in [2.75, 3.05) is 0 Å². The number of nitrogens with one attached hydrogen (secondary N) is 1. The Kier molecular flexibility index (Phi) is 4.99. The number of aromatic nitrogens is 1. The van der Waals surface area contributed by atoms with E-state index in [1.54, 1.807) is 18.3 Å². The average Bonchev–Trinajstić information content (AvgIpc) is 3.09.